The van der Waals surface area contributed by atoms with Crippen LogP contribution in [0, 0.1) is 0 Å². The first kappa shape index (κ1) is 16.2. The molecular weight excluding hydrogens is 332 g/mol. The topological polar surface area (TPSA) is 77.8 Å². The van der Waals surface area contributed by atoms with E-state index in [1.807, 2.05) is 11.0 Å². The van der Waals surface area contributed by atoms with E-state index in [2.05, 4.69) is 25.6 Å². The summed E-state index contributed by atoms with van der Waals surface area (Å²) in [7, 11) is 0. The van der Waals surface area contributed by atoms with Gasteiger partial charge < -0.3 is 10.2 Å². The highest BCUT2D eigenvalue weighted by Gasteiger charge is 2.35. The van der Waals surface area contributed by atoms with Gasteiger partial charge in [-0.3, -0.25) is 15.0 Å². The lowest BCUT2D eigenvalue weighted by Gasteiger charge is -2.43. The Balaban J connectivity index is 1.43. The second kappa shape index (κ2) is 6.52. The van der Waals surface area contributed by atoms with Crippen molar-refractivity contribution in [3.8, 4) is 0 Å². The number of fused-ring (bicyclic) bond motifs is 1. The van der Waals surface area contributed by atoms with Gasteiger partial charge in [-0.05, 0) is 6.07 Å². The smallest absolute Gasteiger partial charge is 0.254 e. The molecule has 2 unspecified atom stereocenters. The molecule has 2 saturated heterocycles. The Kier molecular flexibility index (Phi) is 4.22. The predicted molar refractivity (Wildman–Crippen MR) is 86.2 cm³/mol. The first-order valence-electron chi connectivity index (χ1n) is 8.23. The molecule has 134 valence electrons. The van der Waals surface area contributed by atoms with Crippen LogP contribution in [0.5, 0.6) is 0 Å². The van der Waals surface area contributed by atoms with Crippen molar-refractivity contribution in [3.63, 3.8) is 0 Å². The third-order valence-corrected chi connectivity index (χ3v) is 4.66. The van der Waals surface area contributed by atoms with Crippen LogP contribution >= 0.6 is 0 Å². The van der Waals surface area contributed by atoms with E-state index in [9.17, 15) is 13.6 Å². The predicted octanol–water partition coefficient (Wildman–Crippen LogP) is -0.122. The number of carbonyl (C=O) groups excluding carboxylic acids is 1. The molecule has 10 heteroatoms. The Morgan fingerprint density at radius 2 is 2.00 bits per heavy atom. The van der Waals surface area contributed by atoms with Crippen LogP contribution in [0.1, 0.15) is 6.42 Å². The van der Waals surface area contributed by atoms with Crippen LogP contribution < -0.4 is 15.5 Å². The van der Waals surface area contributed by atoms with Crippen LogP contribution in [0.3, 0.4) is 0 Å². The lowest BCUT2D eigenvalue weighted by atomic mass is 10.1. The van der Waals surface area contributed by atoms with E-state index in [1.165, 1.54) is 0 Å². The summed E-state index contributed by atoms with van der Waals surface area (Å²) in [5.74, 6) is 0.507. The Labute approximate surface area is 142 Å². The number of hydrogen-bond acceptors (Lipinski definition) is 6. The molecule has 2 fully saturated rings. The summed E-state index contributed by atoms with van der Waals surface area (Å²) in [6, 6.07) is 0.809. The van der Waals surface area contributed by atoms with Gasteiger partial charge in [0.1, 0.15) is 11.8 Å². The van der Waals surface area contributed by atoms with E-state index in [-0.39, 0.29) is 12.3 Å². The third-order valence-electron chi connectivity index (χ3n) is 4.66. The first-order chi connectivity index (χ1) is 12.1. The van der Waals surface area contributed by atoms with Crippen molar-refractivity contribution in [2.75, 3.05) is 31.1 Å². The van der Waals surface area contributed by atoms with Gasteiger partial charge in [0.2, 0.25) is 5.91 Å². The number of hydrogen-bond donors (Lipinski definition) is 2. The van der Waals surface area contributed by atoms with Crippen molar-refractivity contribution in [1.29, 1.82) is 0 Å². The minimum atomic E-state index is -2.56. The molecule has 25 heavy (non-hydrogen) atoms. The van der Waals surface area contributed by atoms with Gasteiger partial charge in [0, 0.05) is 45.0 Å². The maximum absolute atomic E-state index is 12.9. The fraction of sp³-hybridized carbons (Fsp3) is 0.533. The van der Waals surface area contributed by atoms with Gasteiger partial charge in [-0.15, -0.1) is 0 Å². The maximum atomic E-state index is 12.9. The standard InChI is InChI=1S/C15H19F2N7O/c16-13(17)10-9-12(25)21-15(20-10)23-7-5-22(6-8-23)14-11-1-2-19-24(11)4-3-18-14/h1-4,10,13,15,20H,5-9H2,(H,21,25). The van der Waals surface area contributed by atoms with Gasteiger partial charge in [0.25, 0.3) is 6.43 Å². The Morgan fingerprint density at radius 1 is 1.20 bits per heavy atom. The van der Waals surface area contributed by atoms with Crippen LogP contribution in [-0.4, -0.2) is 70.3 Å². The van der Waals surface area contributed by atoms with Gasteiger partial charge in [0.15, 0.2) is 5.82 Å². The lowest BCUT2D eigenvalue weighted by molar-refractivity contribution is -0.129. The number of nitrogens with one attached hydrogen (secondary N) is 2. The number of halogens is 2. The molecule has 0 radical (unpaired) electrons. The van der Waals surface area contributed by atoms with E-state index in [4.69, 9.17) is 0 Å². The van der Waals surface area contributed by atoms with Crippen molar-refractivity contribution in [2.45, 2.75) is 25.2 Å². The zero-order valence-electron chi connectivity index (χ0n) is 13.5. The summed E-state index contributed by atoms with van der Waals surface area (Å²) in [5.41, 5.74) is 0.929. The zero-order chi connectivity index (χ0) is 17.4. The lowest BCUT2D eigenvalue weighted by Crippen LogP contribution is -2.67. The van der Waals surface area contributed by atoms with E-state index in [0.29, 0.717) is 26.2 Å². The quantitative estimate of drug-likeness (QED) is 0.803. The molecule has 2 aliphatic rings. The molecule has 0 aliphatic carbocycles. The number of aromatic nitrogens is 3. The molecule has 2 aromatic rings. The van der Waals surface area contributed by atoms with Crippen LogP contribution in [-0.2, 0) is 4.79 Å². The Bertz CT molecular complexity index is 759. The van der Waals surface area contributed by atoms with Crippen LogP contribution in [0.25, 0.3) is 5.52 Å². The first-order valence-corrected chi connectivity index (χ1v) is 8.23. The summed E-state index contributed by atoms with van der Waals surface area (Å²) in [5, 5.41) is 9.78. The molecule has 0 spiro atoms. The molecule has 0 aromatic carbocycles. The minimum Gasteiger partial charge on any atom is -0.352 e. The van der Waals surface area contributed by atoms with Crippen LogP contribution in [0.4, 0.5) is 14.6 Å². The van der Waals surface area contributed by atoms with Gasteiger partial charge >= 0.3 is 0 Å². The van der Waals surface area contributed by atoms with Crippen molar-refractivity contribution in [3.05, 3.63) is 24.7 Å². The van der Waals surface area contributed by atoms with E-state index < -0.39 is 18.8 Å². The molecule has 4 rings (SSSR count). The van der Waals surface area contributed by atoms with Gasteiger partial charge in [-0.25, -0.2) is 18.3 Å². The molecule has 2 aliphatic heterocycles. The number of nitrogens with zero attached hydrogens (tertiary/aromatic N) is 5. The average Bonchev–Trinajstić information content (AvgIpc) is 3.10. The zero-order valence-corrected chi connectivity index (χ0v) is 13.5. The Morgan fingerprint density at radius 3 is 2.76 bits per heavy atom. The van der Waals surface area contributed by atoms with E-state index >= 15 is 0 Å². The van der Waals surface area contributed by atoms with Gasteiger partial charge in [-0.2, -0.15) is 5.10 Å². The Hall–Kier alpha value is -2.33. The summed E-state index contributed by atoms with van der Waals surface area (Å²) < 4.78 is 27.7. The SMILES string of the molecule is O=C1CC(C(F)F)NC(N2CCN(c3nccn4nccc34)CC2)N1. The van der Waals surface area contributed by atoms with Crippen molar-refractivity contribution in [2.24, 2.45) is 0 Å². The summed E-state index contributed by atoms with van der Waals surface area (Å²) in [6.07, 6.45) is 1.92. The third kappa shape index (κ3) is 3.14. The second-order valence-electron chi connectivity index (χ2n) is 6.22. The molecule has 1 amide bonds. The summed E-state index contributed by atoms with van der Waals surface area (Å²) in [4.78, 5) is 20.3. The highest BCUT2D eigenvalue weighted by Crippen LogP contribution is 2.20. The summed E-state index contributed by atoms with van der Waals surface area (Å²) in [6.45, 7) is 2.63. The molecule has 2 N–H and O–H groups in total. The number of rotatable bonds is 3. The fourth-order valence-electron chi connectivity index (χ4n) is 3.35. The van der Waals surface area contributed by atoms with Gasteiger partial charge in [-0.1, -0.05) is 0 Å². The van der Waals surface area contributed by atoms with Crippen LogP contribution in [0.2, 0.25) is 0 Å². The molecule has 2 aromatic heterocycles. The van der Waals surface area contributed by atoms with E-state index in [0.717, 1.165) is 11.3 Å². The van der Waals surface area contributed by atoms with Gasteiger partial charge in [0.05, 0.1) is 12.2 Å². The number of anilines is 1. The minimum absolute atomic E-state index is 0.193. The molecule has 2 atom stereocenters. The molecule has 8 nitrogen and oxygen atoms in total. The summed E-state index contributed by atoms with van der Waals surface area (Å²) >= 11 is 0. The fourth-order valence-corrected chi connectivity index (χ4v) is 3.35. The molecule has 4 heterocycles. The van der Waals surface area contributed by atoms with Crippen molar-refractivity contribution < 1.29 is 13.6 Å². The van der Waals surface area contributed by atoms with Crippen LogP contribution in [0.15, 0.2) is 24.7 Å². The highest BCUT2D eigenvalue weighted by atomic mass is 19.3. The van der Waals surface area contributed by atoms with Crippen molar-refractivity contribution in [1.82, 2.24) is 30.1 Å². The highest BCUT2D eigenvalue weighted by molar-refractivity contribution is 5.77. The number of carbonyl (C=O) groups is 1. The number of alkyl halides is 2. The molecular formula is C15H19F2N7O. The van der Waals surface area contributed by atoms with E-state index in [1.54, 1.807) is 23.1 Å². The largest absolute Gasteiger partial charge is 0.352 e. The second-order valence-corrected chi connectivity index (χ2v) is 6.22. The molecule has 0 saturated carbocycles. The number of piperazine rings is 1. The maximum Gasteiger partial charge on any atom is 0.254 e. The normalized spacial score (nSPS) is 25.6. The number of amides is 1. The monoisotopic (exact) mass is 351 g/mol. The van der Waals surface area contributed by atoms with Crippen molar-refractivity contribution >= 4 is 17.2 Å². The average molecular weight is 351 g/mol. The molecule has 0 bridgehead atoms.